The van der Waals surface area contributed by atoms with Gasteiger partial charge in [0.15, 0.2) is 0 Å². The number of rotatable bonds is 5. The first-order valence-electron chi connectivity index (χ1n) is 6.88. The molecule has 1 aliphatic rings. The van der Waals surface area contributed by atoms with Crippen molar-refractivity contribution in [3.63, 3.8) is 0 Å². The highest BCUT2D eigenvalue weighted by molar-refractivity contribution is 5.34. The van der Waals surface area contributed by atoms with Crippen LogP contribution in [0.1, 0.15) is 31.2 Å². The summed E-state index contributed by atoms with van der Waals surface area (Å²) in [6.07, 6.45) is 3.62. The van der Waals surface area contributed by atoms with Crippen molar-refractivity contribution in [3.8, 4) is 0 Å². The number of hydrogen-bond donors (Lipinski definition) is 2. The van der Waals surface area contributed by atoms with Crippen LogP contribution in [0.3, 0.4) is 0 Å². The van der Waals surface area contributed by atoms with Crippen molar-refractivity contribution in [2.24, 2.45) is 5.92 Å². The van der Waals surface area contributed by atoms with Crippen molar-refractivity contribution >= 4 is 5.69 Å². The Balaban J connectivity index is 1.82. The molecular formula is C14H19FN2O3. The van der Waals surface area contributed by atoms with Gasteiger partial charge < -0.3 is 10.4 Å². The van der Waals surface area contributed by atoms with Crippen LogP contribution in [0, 0.1) is 21.8 Å². The Labute approximate surface area is 117 Å². The van der Waals surface area contributed by atoms with E-state index in [-0.39, 0.29) is 6.10 Å². The molecule has 20 heavy (non-hydrogen) atoms. The van der Waals surface area contributed by atoms with Gasteiger partial charge in [-0.1, -0.05) is 12.5 Å². The lowest BCUT2D eigenvalue weighted by Gasteiger charge is -2.26. The van der Waals surface area contributed by atoms with Crippen LogP contribution in [-0.2, 0) is 6.54 Å². The van der Waals surface area contributed by atoms with Crippen molar-refractivity contribution in [1.82, 2.24) is 5.32 Å². The van der Waals surface area contributed by atoms with E-state index < -0.39 is 16.4 Å². The Bertz CT molecular complexity index is 481. The minimum atomic E-state index is -0.803. The molecule has 5 nitrogen and oxygen atoms in total. The molecule has 2 unspecified atom stereocenters. The number of hydrogen-bond acceptors (Lipinski definition) is 4. The topological polar surface area (TPSA) is 75.4 Å². The highest BCUT2D eigenvalue weighted by atomic mass is 19.1. The maximum Gasteiger partial charge on any atom is 0.304 e. The SMILES string of the molecule is O=[N+]([O-])c1ccc(CNCC2CCCC(O)C2)cc1F. The van der Waals surface area contributed by atoms with Gasteiger partial charge in [0.25, 0.3) is 0 Å². The average Bonchev–Trinajstić information content (AvgIpc) is 2.38. The standard InChI is InChI=1S/C14H19FN2O3/c15-13-7-11(4-5-14(13)17(19)20)9-16-8-10-2-1-3-12(18)6-10/h4-5,7,10,12,16,18H,1-3,6,8-9H2. The molecule has 0 saturated heterocycles. The predicted molar refractivity (Wildman–Crippen MR) is 72.7 cm³/mol. The van der Waals surface area contributed by atoms with Gasteiger partial charge in [-0.15, -0.1) is 0 Å². The van der Waals surface area contributed by atoms with Gasteiger partial charge in [0, 0.05) is 12.6 Å². The summed E-state index contributed by atoms with van der Waals surface area (Å²) in [6, 6.07) is 3.95. The lowest BCUT2D eigenvalue weighted by molar-refractivity contribution is -0.387. The molecule has 0 amide bonds. The number of nitro groups is 1. The van der Waals surface area contributed by atoms with Gasteiger partial charge in [0.05, 0.1) is 11.0 Å². The van der Waals surface area contributed by atoms with Gasteiger partial charge in [0.2, 0.25) is 5.82 Å². The van der Waals surface area contributed by atoms with E-state index in [1.54, 1.807) is 6.07 Å². The summed E-state index contributed by atoms with van der Waals surface area (Å²) in [5.74, 6) is -0.357. The number of aliphatic hydroxyl groups is 1. The van der Waals surface area contributed by atoms with Crippen LogP contribution < -0.4 is 5.32 Å². The molecule has 2 rings (SSSR count). The van der Waals surface area contributed by atoms with Crippen LogP contribution in [-0.4, -0.2) is 22.7 Å². The Morgan fingerprint density at radius 1 is 1.45 bits per heavy atom. The van der Waals surface area contributed by atoms with Crippen LogP contribution in [0.15, 0.2) is 18.2 Å². The molecule has 2 atom stereocenters. The van der Waals surface area contributed by atoms with Gasteiger partial charge in [0.1, 0.15) is 0 Å². The fraction of sp³-hybridized carbons (Fsp3) is 0.571. The summed E-state index contributed by atoms with van der Waals surface area (Å²) in [4.78, 5) is 9.78. The number of nitrogens with one attached hydrogen (secondary N) is 1. The zero-order valence-corrected chi connectivity index (χ0v) is 11.2. The van der Waals surface area contributed by atoms with E-state index >= 15 is 0 Å². The number of benzene rings is 1. The fourth-order valence-corrected chi connectivity index (χ4v) is 2.68. The van der Waals surface area contributed by atoms with E-state index in [1.807, 2.05) is 0 Å². The molecule has 6 heteroatoms. The second kappa shape index (κ2) is 6.76. The first-order chi connectivity index (χ1) is 9.56. The molecule has 0 bridgehead atoms. The van der Waals surface area contributed by atoms with E-state index in [9.17, 15) is 19.6 Å². The first kappa shape index (κ1) is 14.9. The van der Waals surface area contributed by atoms with Crippen molar-refractivity contribution in [1.29, 1.82) is 0 Å². The third-order valence-corrected chi connectivity index (χ3v) is 3.73. The average molecular weight is 282 g/mol. The number of aliphatic hydroxyl groups excluding tert-OH is 1. The van der Waals surface area contributed by atoms with Gasteiger partial charge >= 0.3 is 5.69 Å². The van der Waals surface area contributed by atoms with Gasteiger partial charge in [-0.3, -0.25) is 10.1 Å². The van der Waals surface area contributed by atoms with Crippen LogP contribution in [0.4, 0.5) is 10.1 Å². The molecule has 0 radical (unpaired) electrons. The van der Waals surface area contributed by atoms with Crippen molar-refractivity contribution in [3.05, 3.63) is 39.7 Å². The molecule has 1 fully saturated rings. The predicted octanol–water partition coefficient (Wildman–Crippen LogP) is 2.37. The number of nitrogens with zero attached hydrogens (tertiary/aromatic N) is 1. The summed E-state index contributed by atoms with van der Waals surface area (Å²) < 4.78 is 13.4. The maximum absolute atomic E-state index is 13.4. The third kappa shape index (κ3) is 3.98. The third-order valence-electron chi connectivity index (χ3n) is 3.73. The lowest BCUT2D eigenvalue weighted by atomic mass is 9.87. The Morgan fingerprint density at radius 3 is 2.90 bits per heavy atom. The van der Waals surface area contributed by atoms with Gasteiger partial charge in [-0.25, -0.2) is 0 Å². The van der Waals surface area contributed by atoms with Crippen LogP contribution >= 0.6 is 0 Å². The first-order valence-corrected chi connectivity index (χ1v) is 6.88. The monoisotopic (exact) mass is 282 g/mol. The van der Waals surface area contributed by atoms with Crippen LogP contribution in [0.2, 0.25) is 0 Å². The molecule has 1 aliphatic carbocycles. The molecule has 1 saturated carbocycles. The van der Waals surface area contributed by atoms with Crippen molar-refractivity contribution in [2.45, 2.75) is 38.3 Å². The summed E-state index contributed by atoms with van der Waals surface area (Å²) in [7, 11) is 0. The molecule has 1 aromatic carbocycles. The van der Waals surface area contributed by atoms with Crippen molar-refractivity contribution < 1.29 is 14.4 Å². The molecule has 0 spiro atoms. The second-order valence-electron chi connectivity index (χ2n) is 5.36. The number of nitro benzene ring substituents is 1. The summed E-state index contributed by atoms with van der Waals surface area (Å²) in [5.41, 5.74) is 0.189. The second-order valence-corrected chi connectivity index (χ2v) is 5.36. The molecule has 110 valence electrons. The molecule has 0 heterocycles. The Kier molecular flexibility index (Phi) is 5.03. The van der Waals surface area contributed by atoms with Crippen LogP contribution in [0.25, 0.3) is 0 Å². The van der Waals surface area contributed by atoms with E-state index in [1.165, 1.54) is 12.1 Å². The zero-order chi connectivity index (χ0) is 14.5. The van der Waals surface area contributed by atoms with Gasteiger partial charge in [-0.05, 0) is 43.4 Å². The normalized spacial score (nSPS) is 22.7. The van der Waals surface area contributed by atoms with E-state index in [0.29, 0.717) is 18.0 Å². The molecule has 0 aliphatic heterocycles. The largest absolute Gasteiger partial charge is 0.393 e. The highest BCUT2D eigenvalue weighted by Gasteiger charge is 2.19. The molecular weight excluding hydrogens is 263 g/mol. The Hall–Kier alpha value is -1.53. The minimum absolute atomic E-state index is 0.202. The van der Waals surface area contributed by atoms with E-state index in [2.05, 4.69) is 5.32 Å². The smallest absolute Gasteiger partial charge is 0.304 e. The van der Waals surface area contributed by atoms with E-state index in [4.69, 9.17) is 0 Å². The van der Waals surface area contributed by atoms with Gasteiger partial charge in [-0.2, -0.15) is 4.39 Å². The van der Waals surface area contributed by atoms with Crippen LogP contribution in [0.5, 0.6) is 0 Å². The fourth-order valence-electron chi connectivity index (χ4n) is 2.68. The minimum Gasteiger partial charge on any atom is -0.393 e. The van der Waals surface area contributed by atoms with E-state index in [0.717, 1.165) is 32.2 Å². The summed E-state index contributed by atoms with van der Waals surface area (Å²) >= 11 is 0. The molecule has 1 aromatic rings. The maximum atomic E-state index is 13.4. The zero-order valence-electron chi connectivity index (χ0n) is 11.2. The molecule has 2 N–H and O–H groups in total. The lowest BCUT2D eigenvalue weighted by Crippen LogP contribution is -2.28. The van der Waals surface area contributed by atoms with Crippen molar-refractivity contribution in [2.75, 3.05) is 6.54 Å². The molecule has 0 aromatic heterocycles. The number of halogens is 1. The quantitative estimate of drug-likeness (QED) is 0.642. The summed E-state index contributed by atoms with van der Waals surface area (Å²) in [6.45, 7) is 1.25. The Morgan fingerprint density at radius 2 is 2.25 bits per heavy atom. The summed E-state index contributed by atoms with van der Waals surface area (Å²) in [5, 5.41) is 23.3. The highest BCUT2D eigenvalue weighted by Crippen LogP contribution is 2.23.